The van der Waals surface area contributed by atoms with Crippen LogP contribution in [0.15, 0.2) is 42.5 Å². The van der Waals surface area contributed by atoms with Crippen molar-refractivity contribution in [1.29, 1.82) is 10.5 Å². The maximum atomic E-state index is 9.51. The molecule has 1 aromatic rings. The summed E-state index contributed by atoms with van der Waals surface area (Å²) >= 11 is 0. The Morgan fingerprint density at radius 1 is 0.913 bits per heavy atom. The van der Waals surface area contributed by atoms with E-state index in [4.69, 9.17) is 16.7 Å². The second-order valence-electron chi connectivity index (χ2n) is 5.08. The maximum Gasteiger partial charge on any atom is 0.144 e. The van der Waals surface area contributed by atoms with Crippen LogP contribution < -0.4 is 11.5 Å². The summed E-state index contributed by atoms with van der Waals surface area (Å²) in [7, 11) is 0. The molecule has 0 amide bonds. The first kappa shape index (κ1) is 14.4. The molecule has 0 unspecified atom stereocenters. The van der Waals surface area contributed by atoms with Gasteiger partial charge in [-0.25, -0.2) is 4.98 Å². The third-order valence-electron chi connectivity index (χ3n) is 3.79. The smallest absolute Gasteiger partial charge is 0.144 e. The van der Waals surface area contributed by atoms with Crippen LogP contribution in [0.5, 0.6) is 0 Å². The summed E-state index contributed by atoms with van der Waals surface area (Å²) in [5, 5.41) is 18.6. The molecule has 0 aliphatic heterocycles. The number of anilines is 2. The summed E-state index contributed by atoms with van der Waals surface area (Å²) in [4.78, 5) is 4.01. The maximum absolute atomic E-state index is 9.51. The molecule has 0 radical (unpaired) electrons. The standard InChI is InChI=1S/C18H13N5/c19-9-8-14-16(15(10-20)18(22)23-17(14)21)13-7-6-11-4-2-1-3-5-12(11)13/h1-7H,8H2,(H4,21,22,23). The lowest BCUT2D eigenvalue weighted by Crippen LogP contribution is -2.07. The Morgan fingerprint density at radius 2 is 1.70 bits per heavy atom. The normalized spacial score (nSPS) is 10.2. The van der Waals surface area contributed by atoms with Gasteiger partial charge in [-0.05, 0) is 16.7 Å². The van der Waals surface area contributed by atoms with E-state index < -0.39 is 0 Å². The quantitative estimate of drug-likeness (QED) is 0.755. The molecule has 110 valence electrons. The fourth-order valence-corrected chi connectivity index (χ4v) is 2.76. The van der Waals surface area contributed by atoms with Gasteiger partial charge >= 0.3 is 0 Å². The predicted molar refractivity (Wildman–Crippen MR) is 89.2 cm³/mol. The van der Waals surface area contributed by atoms with Crippen molar-refractivity contribution in [3.8, 4) is 34.4 Å². The molecule has 1 aromatic heterocycles. The minimum atomic E-state index is 0.0642. The Hall–Kier alpha value is -3.57. The Labute approximate surface area is 133 Å². The minimum Gasteiger partial charge on any atom is -0.383 e. The number of aromatic nitrogens is 1. The number of nitrogen functional groups attached to an aromatic ring is 2. The summed E-state index contributed by atoms with van der Waals surface area (Å²) in [6.45, 7) is 0. The molecule has 2 aliphatic carbocycles. The van der Waals surface area contributed by atoms with E-state index in [2.05, 4.69) is 17.1 Å². The molecule has 4 N–H and O–H groups in total. The first-order valence-electron chi connectivity index (χ1n) is 7.00. The lowest BCUT2D eigenvalue weighted by molar-refractivity contribution is 1.20. The van der Waals surface area contributed by atoms with E-state index in [9.17, 15) is 5.26 Å². The molecule has 5 nitrogen and oxygen atoms in total. The van der Waals surface area contributed by atoms with E-state index in [1.165, 1.54) is 0 Å². The van der Waals surface area contributed by atoms with Crippen molar-refractivity contribution in [2.45, 2.75) is 6.42 Å². The Balaban J connectivity index is 2.40. The van der Waals surface area contributed by atoms with Crippen LogP contribution in [0.4, 0.5) is 11.6 Å². The largest absolute Gasteiger partial charge is 0.383 e. The Morgan fingerprint density at radius 3 is 2.43 bits per heavy atom. The van der Waals surface area contributed by atoms with Crippen molar-refractivity contribution in [2.75, 3.05) is 11.5 Å². The molecule has 0 fully saturated rings. The highest BCUT2D eigenvalue weighted by Gasteiger charge is 2.21. The van der Waals surface area contributed by atoms with Crippen LogP contribution in [0.1, 0.15) is 11.1 Å². The molecule has 0 atom stereocenters. The monoisotopic (exact) mass is 299 g/mol. The second-order valence-corrected chi connectivity index (χ2v) is 5.08. The molecular weight excluding hydrogens is 286 g/mol. The highest BCUT2D eigenvalue weighted by atomic mass is 14.9. The molecular formula is C18H13N5. The third kappa shape index (κ3) is 2.31. The fraction of sp³-hybridized carbons (Fsp3) is 0.0556. The van der Waals surface area contributed by atoms with Crippen LogP contribution in [0, 0.1) is 22.7 Å². The highest BCUT2D eigenvalue weighted by molar-refractivity contribution is 5.92. The van der Waals surface area contributed by atoms with Gasteiger partial charge in [-0.2, -0.15) is 10.5 Å². The van der Waals surface area contributed by atoms with Crippen LogP contribution in [0.3, 0.4) is 0 Å². The van der Waals surface area contributed by atoms with Gasteiger partial charge in [0.1, 0.15) is 23.3 Å². The number of pyridine rings is 1. The lowest BCUT2D eigenvalue weighted by Gasteiger charge is -2.13. The molecule has 0 bridgehead atoms. The molecule has 5 heteroatoms. The van der Waals surface area contributed by atoms with E-state index in [0.717, 1.165) is 16.7 Å². The number of nitriles is 2. The number of hydrogen-bond donors (Lipinski definition) is 2. The van der Waals surface area contributed by atoms with Crippen LogP contribution in [-0.4, -0.2) is 4.98 Å². The van der Waals surface area contributed by atoms with Crippen molar-refractivity contribution in [2.24, 2.45) is 0 Å². The molecule has 23 heavy (non-hydrogen) atoms. The third-order valence-corrected chi connectivity index (χ3v) is 3.79. The minimum absolute atomic E-state index is 0.0642. The predicted octanol–water partition coefficient (Wildman–Crippen LogP) is 2.96. The van der Waals surface area contributed by atoms with E-state index in [1.807, 2.05) is 42.5 Å². The first-order chi connectivity index (χ1) is 11.2. The van der Waals surface area contributed by atoms with Crippen LogP contribution >= 0.6 is 0 Å². The SMILES string of the molecule is N#CCc1c(N)nc(N)c(C#N)c1-c1ccc2cccccc1-2. The van der Waals surface area contributed by atoms with E-state index >= 15 is 0 Å². The molecule has 0 saturated heterocycles. The summed E-state index contributed by atoms with van der Waals surface area (Å²) in [5.74, 6) is 0.268. The fourth-order valence-electron chi connectivity index (χ4n) is 2.76. The van der Waals surface area contributed by atoms with Crippen molar-refractivity contribution in [3.05, 3.63) is 53.6 Å². The molecule has 2 aliphatic rings. The molecule has 0 saturated carbocycles. The Kier molecular flexibility index (Phi) is 3.54. The van der Waals surface area contributed by atoms with Crippen molar-refractivity contribution >= 4 is 11.6 Å². The Bertz CT molecular complexity index is 947. The zero-order valence-electron chi connectivity index (χ0n) is 12.2. The summed E-state index contributed by atoms with van der Waals surface area (Å²) in [6.07, 6.45) is 0.0642. The van der Waals surface area contributed by atoms with Gasteiger partial charge in [0.2, 0.25) is 0 Å². The van der Waals surface area contributed by atoms with Gasteiger partial charge < -0.3 is 11.5 Å². The number of hydrogen-bond acceptors (Lipinski definition) is 5. The number of nitrogens with zero attached hydrogens (tertiary/aromatic N) is 3. The average Bonchev–Trinajstić information content (AvgIpc) is 2.77. The van der Waals surface area contributed by atoms with Crippen LogP contribution in [0.25, 0.3) is 22.3 Å². The summed E-state index contributed by atoms with van der Waals surface area (Å²) < 4.78 is 0. The van der Waals surface area contributed by atoms with Gasteiger partial charge in [-0.15, -0.1) is 0 Å². The number of rotatable bonds is 2. The van der Waals surface area contributed by atoms with Gasteiger partial charge in [-0.3, -0.25) is 0 Å². The molecule has 1 heterocycles. The van der Waals surface area contributed by atoms with Crippen molar-refractivity contribution < 1.29 is 0 Å². The molecule has 3 rings (SSSR count). The van der Waals surface area contributed by atoms with Gasteiger partial charge in [0, 0.05) is 11.1 Å². The lowest BCUT2D eigenvalue weighted by atomic mass is 9.93. The van der Waals surface area contributed by atoms with Gasteiger partial charge in [0.05, 0.1) is 12.5 Å². The highest BCUT2D eigenvalue weighted by Crippen LogP contribution is 2.41. The number of nitrogens with two attached hydrogens (primary N) is 2. The summed E-state index contributed by atoms with van der Waals surface area (Å²) in [6, 6.07) is 17.8. The van der Waals surface area contributed by atoms with Gasteiger partial charge in [-0.1, -0.05) is 42.5 Å². The summed E-state index contributed by atoms with van der Waals surface area (Å²) in [5.41, 5.74) is 16.1. The topological polar surface area (TPSA) is 113 Å². The average molecular weight is 299 g/mol. The van der Waals surface area contributed by atoms with E-state index in [1.54, 1.807) is 0 Å². The van der Waals surface area contributed by atoms with Gasteiger partial charge in [0.15, 0.2) is 0 Å². The first-order valence-corrected chi connectivity index (χ1v) is 7.00. The van der Waals surface area contributed by atoms with Crippen LogP contribution in [-0.2, 0) is 6.42 Å². The number of fused-ring (bicyclic) bond motifs is 1. The van der Waals surface area contributed by atoms with Crippen LogP contribution in [0.2, 0.25) is 0 Å². The van der Waals surface area contributed by atoms with E-state index in [0.29, 0.717) is 11.1 Å². The second kappa shape index (κ2) is 5.67. The van der Waals surface area contributed by atoms with Crippen molar-refractivity contribution in [1.82, 2.24) is 4.98 Å². The zero-order valence-corrected chi connectivity index (χ0v) is 12.2. The van der Waals surface area contributed by atoms with Crippen molar-refractivity contribution in [3.63, 3.8) is 0 Å². The zero-order chi connectivity index (χ0) is 16.4. The van der Waals surface area contributed by atoms with E-state index in [-0.39, 0.29) is 23.6 Å². The van der Waals surface area contributed by atoms with Gasteiger partial charge in [0.25, 0.3) is 0 Å². The molecule has 0 spiro atoms. The molecule has 0 aromatic carbocycles.